The molecule has 1 saturated heterocycles. The number of hydrogen-bond donors (Lipinski definition) is 1. The molecule has 0 amide bonds. The van der Waals surface area contributed by atoms with Gasteiger partial charge in [0.15, 0.2) is 11.6 Å². The van der Waals surface area contributed by atoms with Gasteiger partial charge in [-0.1, -0.05) is 0 Å². The lowest BCUT2D eigenvalue weighted by Gasteiger charge is -2.30. The molecule has 0 unspecified atom stereocenters. The van der Waals surface area contributed by atoms with Gasteiger partial charge in [-0.25, -0.2) is 13.2 Å². The summed E-state index contributed by atoms with van der Waals surface area (Å²) in [5, 5.41) is 0. The highest BCUT2D eigenvalue weighted by Gasteiger charge is 2.18. The van der Waals surface area contributed by atoms with Gasteiger partial charge in [-0.05, 0) is 32.0 Å². The topological polar surface area (TPSA) is 29.3 Å². The van der Waals surface area contributed by atoms with Gasteiger partial charge in [-0.15, -0.1) is 0 Å². The highest BCUT2D eigenvalue weighted by atomic mass is 19.2. The van der Waals surface area contributed by atoms with E-state index >= 15 is 0 Å². The summed E-state index contributed by atoms with van der Waals surface area (Å²) in [5.74, 6) is -2.85. The van der Waals surface area contributed by atoms with Crippen LogP contribution in [0.15, 0.2) is 12.1 Å². The average Bonchev–Trinajstić information content (AvgIpc) is 2.29. The summed E-state index contributed by atoms with van der Waals surface area (Å²) in [6.07, 6.45) is 1.70. The summed E-state index contributed by atoms with van der Waals surface area (Å²) in [6.45, 7) is 1.83. The van der Waals surface area contributed by atoms with Crippen LogP contribution >= 0.6 is 0 Å². The first kappa shape index (κ1) is 12.4. The Balaban J connectivity index is 2.06. The van der Waals surface area contributed by atoms with Crippen molar-refractivity contribution in [2.45, 2.75) is 25.4 Å². The van der Waals surface area contributed by atoms with Crippen LogP contribution < -0.4 is 5.73 Å². The minimum Gasteiger partial charge on any atom is -0.328 e. The van der Waals surface area contributed by atoms with Crippen molar-refractivity contribution < 1.29 is 13.2 Å². The molecule has 1 aromatic carbocycles. The summed E-state index contributed by atoms with van der Waals surface area (Å²) in [7, 11) is 0. The fourth-order valence-corrected chi connectivity index (χ4v) is 2.04. The van der Waals surface area contributed by atoms with Crippen molar-refractivity contribution in [3.63, 3.8) is 0 Å². The van der Waals surface area contributed by atoms with Gasteiger partial charge >= 0.3 is 0 Å². The maximum absolute atomic E-state index is 13.4. The lowest BCUT2D eigenvalue weighted by atomic mass is 10.1. The second-order valence-corrected chi connectivity index (χ2v) is 4.47. The molecule has 0 radical (unpaired) electrons. The Kier molecular flexibility index (Phi) is 3.69. The fourth-order valence-electron chi connectivity index (χ4n) is 2.04. The quantitative estimate of drug-likeness (QED) is 0.806. The molecular weight excluding hydrogens is 229 g/mol. The van der Waals surface area contributed by atoms with Crippen LogP contribution in [0, 0.1) is 17.5 Å². The van der Waals surface area contributed by atoms with Crippen LogP contribution in [0.4, 0.5) is 13.2 Å². The summed E-state index contributed by atoms with van der Waals surface area (Å²) in [4.78, 5) is 2.00. The molecule has 1 heterocycles. The zero-order valence-electron chi connectivity index (χ0n) is 9.43. The Morgan fingerprint density at radius 3 is 2.29 bits per heavy atom. The van der Waals surface area contributed by atoms with Crippen molar-refractivity contribution in [3.05, 3.63) is 35.1 Å². The minimum absolute atomic E-state index is 0.194. The highest BCUT2D eigenvalue weighted by molar-refractivity contribution is 5.20. The zero-order valence-corrected chi connectivity index (χ0v) is 9.43. The maximum atomic E-state index is 13.4. The predicted molar refractivity (Wildman–Crippen MR) is 58.8 cm³/mol. The molecule has 2 rings (SSSR count). The molecule has 0 aromatic heterocycles. The standard InChI is InChI=1S/C12H15F3N2/c13-10-6-12(15)11(14)5-8(10)7-17-3-1-9(16)2-4-17/h5-6,9H,1-4,7,16H2. The third kappa shape index (κ3) is 2.98. The number of nitrogens with two attached hydrogens (primary N) is 1. The van der Waals surface area contributed by atoms with Crippen molar-refractivity contribution in [1.29, 1.82) is 0 Å². The molecule has 1 aliphatic heterocycles. The fraction of sp³-hybridized carbons (Fsp3) is 0.500. The number of nitrogens with zero attached hydrogens (tertiary/aromatic N) is 1. The molecule has 0 bridgehead atoms. The highest BCUT2D eigenvalue weighted by Crippen LogP contribution is 2.18. The molecule has 0 saturated carbocycles. The Hall–Kier alpha value is -1.07. The SMILES string of the molecule is NC1CCN(Cc2cc(F)c(F)cc2F)CC1. The summed E-state index contributed by atoms with van der Waals surface area (Å²) >= 11 is 0. The van der Waals surface area contributed by atoms with E-state index in [9.17, 15) is 13.2 Å². The van der Waals surface area contributed by atoms with E-state index < -0.39 is 17.5 Å². The van der Waals surface area contributed by atoms with Gasteiger partial charge in [0.05, 0.1) is 0 Å². The molecule has 0 spiro atoms. The summed E-state index contributed by atoms with van der Waals surface area (Å²) in [5.41, 5.74) is 5.95. The largest absolute Gasteiger partial charge is 0.328 e. The van der Waals surface area contributed by atoms with E-state index in [4.69, 9.17) is 5.73 Å². The van der Waals surface area contributed by atoms with E-state index in [0.717, 1.165) is 32.0 Å². The van der Waals surface area contributed by atoms with Gasteiger partial charge in [0.2, 0.25) is 0 Å². The first-order chi connectivity index (χ1) is 8.06. The van der Waals surface area contributed by atoms with Gasteiger partial charge in [-0.2, -0.15) is 0 Å². The van der Waals surface area contributed by atoms with Gasteiger partial charge in [0.25, 0.3) is 0 Å². The Labute approximate surface area is 98.2 Å². The molecule has 94 valence electrons. The molecule has 1 fully saturated rings. The zero-order chi connectivity index (χ0) is 12.4. The van der Waals surface area contributed by atoms with E-state index in [1.54, 1.807) is 0 Å². The Bertz CT molecular complexity index is 401. The van der Waals surface area contributed by atoms with E-state index in [1.165, 1.54) is 0 Å². The number of halogens is 3. The Morgan fingerprint density at radius 2 is 1.65 bits per heavy atom. The van der Waals surface area contributed by atoms with Crippen LogP contribution in [0.5, 0.6) is 0 Å². The molecule has 2 nitrogen and oxygen atoms in total. The molecule has 1 aromatic rings. The second kappa shape index (κ2) is 5.06. The minimum atomic E-state index is -1.15. The van der Waals surface area contributed by atoms with Crippen molar-refractivity contribution in [1.82, 2.24) is 4.90 Å². The lowest BCUT2D eigenvalue weighted by molar-refractivity contribution is 0.203. The molecule has 17 heavy (non-hydrogen) atoms. The predicted octanol–water partition coefficient (Wildman–Crippen LogP) is 2.03. The van der Waals surface area contributed by atoms with E-state index in [1.807, 2.05) is 4.90 Å². The first-order valence-corrected chi connectivity index (χ1v) is 5.67. The number of piperidine rings is 1. The normalized spacial score (nSPS) is 18.6. The van der Waals surface area contributed by atoms with Crippen LogP contribution in [0.25, 0.3) is 0 Å². The number of rotatable bonds is 2. The van der Waals surface area contributed by atoms with E-state index in [0.29, 0.717) is 12.6 Å². The first-order valence-electron chi connectivity index (χ1n) is 5.67. The average molecular weight is 244 g/mol. The second-order valence-electron chi connectivity index (χ2n) is 4.47. The number of likely N-dealkylation sites (tertiary alicyclic amines) is 1. The molecule has 1 aliphatic rings. The molecule has 0 atom stereocenters. The van der Waals surface area contributed by atoms with Crippen LogP contribution in [-0.2, 0) is 6.54 Å². The lowest BCUT2D eigenvalue weighted by Crippen LogP contribution is -2.39. The van der Waals surface area contributed by atoms with Crippen molar-refractivity contribution in [2.24, 2.45) is 5.73 Å². The molecular formula is C12H15F3N2. The van der Waals surface area contributed by atoms with Crippen molar-refractivity contribution in [3.8, 4) is 0 Å². The van der Waals surface area contributed by atoms with Gasteiger partial charge in [0, 0.05) is 24.2 Å². The summed E-state index contributed by atoms with van der Waals surface area (Å²) in [6, 6.07) is 1.72. The molecule has 0 aliphatic carbocycles. The molecule has 5 heteroatoms. The van der Waals surface area contributed by atoms with Gasteiger partial charge < -0.3 is 5.73 Å². The van der Waals surface area contributed by atoms with Gasteiger partial charge in [-0.3, -0.25) is 4.90 Å². The monoisotopic (exact) mass is 244 g/mol. The third-order valence-corrected chi connectivity index (χ3v) is 3.12. The maximum Gasteiger partial charge on any atom is 0.161 e. The van der Waals surface area contributed by atoms with Crippen LogP contribution in [0.3, 0.4) is 0 Å². The van der Waals surface area contributed by atoms with Crippen molar-refractivity contribution >= 4 is 0 Å². The third-order valence-electron chi connectivity index (χ3n) is 3.12. The van der Waals surface area contributed by atoms with E-state index in [-0.39, 0.29) is 11.6 Å². The van der Waals surface area contributed by atoms with Crippen LogP contribution in [0.2, 0.25) is 0 Å². The van der Waals surface area contributed by atoms with E-state index in [2.05, 4.69) is 0 Å². The van der Waals surface area contributed by atoms with Crippen molar-refractivity contribution in [2.75, 3.05) is 13.1 Å². The van der Waals surface area contributed by atoms with Crippen LogP contribution in [-0.4, -0.2) is 24.0 Å². The van der Waals surface area contributed by atoms with Gasteiger partial charge in [0.1, 0.15) is 5.82 Å². The smallest absolute Gasteiger partial charge is 0.161 e. The Morgan fingerprint density at radius 1 is 1.06 bits per heavy atom. The summed E-state index contributed by atoms with van der Waals surface area (Å²) < 4.78 is 39.1. The number of hydrogen-bond acceptors (Lipinski definition) is 2. The molecule has 2 N–H and O–H groups in total. The number of benzene rings is 1. The van der Waals surface area contributed by atoms with Crippen LogP contribution in [0.1, 0.15) is 18.4 Å².